The van der Waals surface area contributed by atoms with Crippen molar-refractivity contribution in [2.75, 3.05) is 32.7 Å². The molecule has 1 heterocycles. The highest BCUT2D eigenvalue weighted by molar-refractivity contribution is 5.74. The Morgan fingerprint density at radius 2 is 2.16 bits per heavy atom. The molecular formula is C13H25N3O3. The van der Waals surface area contributed by atoms with Gasteiger partial charge in [0.2, 0.25) is 0 Å². The molecule has 1 saturated heterocycles. The molecule has 110 valence electrons. The van der Waals surface area contributed by atoms with Crippen LogP contribution < -0.4 is 10.6 Å². The minimum Gasteiger partial charge on any atom is -0.481 e. The van der Waals surface area contributed by atoms with Crippen molar-refractivity contribution in [1.82, 2.24) is 15.5 Å². The summed E-state index contributed by atoms with van der Waals surface area (Å²) < 4.78 is 0. The molecule has 1 unspecified atom stereocenters. The van der Waals surface area contributed by atoms with Crippen LogP contribution in [0, 0.1) is 5.92 Å². The Balaban J connectivity index is 2.13. The summed E-state index contributed by atoms with van der Waals surface area (Å²) in [7, 11) is 0. The Bertz CT molecular complexity index is 295. The monoisotopic (exact) mass is 271 g/mol. The topological polar surface area (TPSA) is 81.7 Å². The number of aliphatic carboxylic acids is 1. The first-order valence-corrected chi connectivity index (χ1v) is 7.07. The molecule has 0 saturated carbocycles. The summed E-state index contributed by atoms with van der Waals surface area (Å²) >= 11 is 0. The molecule has 19 heavy (non-hydrogen) atoms. The second kappa shape index (κ2) is 8.74. The molecular weight excluding hydrogens is 246 g/mol. The van der Waals surface area contributed by atoms with Crippen molar-refractivity contribution in [3.05, 3.63) is 0 Å². The third kappa shape index (κ3) is 7.00. The maximum absolute atomic E-state index is 11.4. The number of nitrogens with zero attached hydrogens (tertiary/aromatic N) is 1. The molecule has 3 N–H and O–H groups in total. The normalized spacial score (nSPS) is 19.9. The van der Waals surface area contributed by atoms with Gasteiger partial charge in [0, 0.05) is 19.6 Å². The Morgan fingerprint density at radius 3 is 2.84 bits per heavy atom. The van der Waals surface area contributed by atoms with Crippen LogP contribution in [0.1, 0.15) is 32.6 Å². The first kappa shape index (κ1) is 15.8. The van der Waals surface area contributed by atoms with E-state index in [-0.39, 0.29) is 19.0 Å². The van der Waals surface area contributed by atoms with Crippen LogP contribution in [-0.4, -0.2) is 54.7 Å². The molecule has 1 atom stereocenters. The summed E-state index contributed by atoms with van der Waals surface area (Å²) in [6, 6.07) is -0.270. The molecule has 6 heteroatoms. The number of carbonyl (C=O) groups is 2. The SMILES string of the molecule is CCCN1CCCC(CNC(=O)NCCC(=O)O)C1. The molecule has 0 radical (unpaired) electrons. The summed E-state index contributed by atoms with van der Waals surface area (Å²) in [4.78, 5) is 24.2. The van der Waals surface area contributed by atoms with Gasteiger partial charge in [-0.3, -0.25) is 4.79 Å². The van der Waals surface area contributed by atoms with E-state index in [1.54, 1.807) is 0 Å². The molecule has 0 aromatic rings. The van der Waals surface area contributed by atoms with Crippen LogP contribution >= 0.6 is 0 Å². The van der Waals surface area contributed by atoms with E-state index < -0.39 is 5.97 Å². The average Bonchev–Trinajstić information content (AvgIpc) is 2.37. The van der Waals surface area contributed by atoms with Gasteiger partial charge in [0.25, 0.3) is 0 Å². The van der Waals surface area contributed by atoms with Crippen molar-refractivity contribution >= 4 is 12.0 Å². The Kier molecular flexibility index (Phi) is 7.25. The van der Waals surface area contributed by atoms with Gasteiger partial charge in [-0.15, -0.1) is 0 Å². The fourth-order valence-electron chi connectivity index (χ4n) is 2.42. The number of nitrogens with one attached hydrogen (secondary N) is 2. The van der Waals surface area contributed by atoms with Crippen LogP contribution in [0.3, 0.4) is 0 Å². The van der Waals surface area contributed by atoms with Crippen LogP contribution in [0.15, 0.2) is 0 Å². The van der Waals surface area contributed by atoms with Crippen molar-refractivity contribution in [3.8, 4) is 0 Å². The number of rotatable bonds is 7. The second-order valence-electron chi connectivity index (χ2n) is 5.09. The second-order valence-corrected chi connectivity index (χ2v) is 5.09. The van der Waals surface area contributed by atoms with Gasteiger partial charge >= 0.3 is 12.0 Å². The molecule has 1 aliphatic heterocycles. The molecule has 0 aliphatic carbocycles. The molecule has 1 aliphatic rings. The van der Waals surface area contributed by atoms with Crippen molar-refractivity contribution < 1.29 is 14.7 Å². The van der Waals surface area contributed by atoms with Gasteiger partial charge in [0.1, 0.15) is 0 Å². The number of hydrogen-bond donors (Lipinski definition) is 3. The van der Waals surface area contributed by atoms with E-state index in [4.69, 9.17) is 5.11 Å². The first-order valence-electron chi connectivity index (χ1n) is 7.07. The van der Waals surface area contributed by atoms with Gasteiger partial charge in [-0.1, -0.05) is 6.92 Å². The van der Waals surface area contributed by atoms with Gasteiger partial charge in [-0.05, 0) is 38.3 Å². The lowest BCUT2D eigenvalue weighted by Gasteiger charge is -2.32. The van der Waals surface area contributed by atoms with Crippen LogP contribution in [0.25, 0.3) is 0 Å². The number of hydrogen-bond acceptors (Lipinski definition) is 3. The highest BCUT2D eigenvalue weighted by atomic mass is 16.4. The molecule has 6 nitrogen and oxygen atoms in total. The molecule has 0 aromatic carbocycles. The molecule has 2 amide bonds. The Labute approximate surface area is 114 Å². The molecule has 1 rings (SSSR count). The standard InChI is InChI=1S/C13H25N3O3/c1-2-7-16-8-3-4-11(10-16)9-15-13(19)14-6-5-12(17)18/h11H,2-10H2,1H3,(H,17,18)(H2,14,15,19). The van der Waals surface area contributed by atoms with Crippen molar-refractivity contribution in [2.45, 2.75) is 32.6 Å². The van der Waals surface area contributed by atoms with Crippen LogP contribution in [0.4, 0.5) is 4.79 Å². The maximum Gasteiger partial charge on any atom is 0.314 e. The quantitative estimate of drug-likeness (QED) is 0.642. The van der Waals surface area contributed by atoms with E-state index in [1.165, 1.54) is 6.42 Å². The predicted octanol–water partition coefficient (Wildman–Crippen LogP) is 0.882. The van der Waals surface area contributed by atoms with E-state index in [0.29, 0.717) is 12.5 Å². The lowest BCUT2D eigenvalue weighted by molar-refractivity contribution is -0.136. The van der Waals surface area contributed by atoms with Gasteiger partial charge < -0.3 is 20.6 Å². The van der Waals surface area contributed by atoms with E-state index in [2.05, 4.69) is 22.5 Å². The fraction of sp³-hybridized carbons (Fsp3) is 0.846. The summed E-state index contributed by atoms with van der Waals surface area (Å²) in [5.74, 6) is -0.395. The number of piperidine rings is 1. The zero-order valence-corrected chi connectivity index (χ0v) is 11.7. The van der Waals surface area contributed by atoms with E-state index in [9.17, 15) is 9.59 Å². The average molecular weight is 271 g/mol. The summed E-state index contributed by atoms with van der Waals surface area (Å²) in [5, 5.41) is 13.8. The fourth-order valence-corrected chi connectivity index (χ4v) is 2.42. The smallest absolute Gasteiger partial charge is 0.314 e. The lowest BCUT2D eigenvalue weighted by Crippen LogP contribution is -2.44. The number of urea groups is 1. The lowest BCUT2D eigenvalue weighted by atomic mass is 9.98. The predicted molar refractivity (Wildman–Crippen MR) is 73.1 cm³/mol. The van der Waals surface area contributed by atoms with Crippen LogP contribution in [0.5, 0.6) is 0 Å². The minimum absolute atomic E-state index is 0.0405. The van der Waals surface area contributed by atoms with Crippen molar-refractivity contribution in [1.29, 1.82) is 0 Å². The number of carboxylic acids is 1. The molecule has 0 spiro atoms. The zero-order chi connectivity index (χ0) is 14.1. The Hall–Kier alpha value is -1.30. The zero-order valence-electron chi connectivity index (χ0n) is 11.7. The van der Waals surface area contributed by atoms with Gasteiger partial charge in [0.15, 0.2) is 0 Å². The van der Waals surface area contributed by atoms with E-state index in [0.717, 1.165) is 32.5 Å². The number of likely N-dealkylation sites (tertiary alicyclic amines) is 1. The molecule has 0 bridgehead atoms. The molecule has 1 fully saturated rings. The maximum atomic E-state index is 11.4. The van der Waals surface area contributed by atoms with E-state index in [1.807, 2.05) is 0 Å². The van der Waals surface area contributed by atoms with Gasteiger partial charge in [0.05, 0.1) is 6.42 Å². The van der Waals surface area contributed by atoms with Crippen LogP contribution in [-0.2, 0) is 4.79 Å². The number of amides is 2. The third-order valence-corrected chi connectivity index (χ3v) is 3.32. The summed E-state index contributed by atoms with van der Waals surface area (Å²) in [6.07, 6.45) is 3.46. The van der Waals surface area contributed by atoms with Crippen molar-refractivity contribution in [3.63, 3.8) is 0 Å². The van der Waals surface area contributed by atoms with Crippen molar-refractivity contribution in [2.24, 2.45) is 5.92 Å². The first-order chi connectivity index (χ1) is 9.11. The van der Waals surface area contributed by atoms with E-state index >= 15 is 0 Å². The highest BCUT2D eigenvalue weighted by Gasteiger charge is 2.19. The summed E-state index contributed by atoms with van der Waals surface area (Å²) in [5.41, 5.74) is 0. The highest BCUT2D eigenvalue weighted by Crippen LogP contribution is 2.15. The minimum atomic E-state index is -0.900. The number of carbonyl (C=O) groups excluding carboxylic acids is 1. The van der Waals surface area contributed by atoms with Crippen LogP contribution in [0.2, 0.25) is 0 Å². The van der Waals surface area contributed by atoms with Gasteiger partial charge in [-0.2, -0.15) is 0 Å². The number of carboxylic acid groups (broad SMARTS) is 1. The van der Waals surface area contributed by atoms with Gasteiger partial charge in [-0.25, -0.2) is 4.79 Å². The molecule has 0 aromatic heterocycles. The summed E-state index contributed by atoms with van der Waals surface area (Å²) in [6.45, 7) is 6.35. The largest absolute Gasteiger partial charge is 0.481 e. The Morgan fingerprint density at radius 1 is 1.37 bits per heavy atom. The third-order valence-electron chi connectivity index (χ3n) is 3.32.